The Bertz CT molecular complexity index is 504. The quantitative estimate of drug-likeness (QED) is 0.503. The normalized spacial score (nSPS) is 11.5. The second kappa shape index (κ2) is 7.62. The van der Waals surface area contributed by atoms with Crippen LogP contribution in [-0.2, 0) is 10.0 Å². The number of sulfonamides is 1. The minimum atomic E-state index is -3.75. The first-order valence-corrected chi connectivity index (χ1v) is 9.04. The highest BCUT2D eigenvalue weighted by molar-refractivity contribution is 7.98. The van der Waals surface area contributed by atoms with Crippen molar-refractivity contribution in [2.45, 2.75) is 24.2 Å². The molecule has 0 heterocycles. The van der Waals surface area contributed by atoms with E-state index in [-0.39, 0.29) is 4.90 Å². The summed E-state index contributed by atoms with van der Waals surface area (Å²) in [4.78, 5) is 0.0524. The Labute approximate surface area is 119 Å². The smallest absolute Gasteiger partial charge is 0.240 e. The summed E-state index contributed by atoms with van der Waals surface area (Å²) in [6.45, 7) is 0.723. The maximum Gasteiger partial charge on any atom is 0.240 e. The Kier molecular flexibility index (Phi) is 6.47. The monoisotopic (exact) mass is 303 g/mol. The van der Waals surface area contributed by atoms with E-state index in [9.17, 15) is 8.42 Å². The van der Waals surface area contributed by atoms with Crippen molar-refractivity contribution >= 4 is 33.2 Å². The molecule has 0 aliphatic rings. The maximum absolute atomic E-state index is 11.5. The molecule has 1 rings (SSSR count). The van der Waals surface area contributed by atoms with Crippen LogP contribution in [0.4, 0.5) is 11.4 Å². The van der Waals surface area contributed by atoms with Crippen molar-refractivity contribution in [1.82, 2.24) is 0 Å². The minimum Gasteiger partial charge on any atom is -0.399 e. The summed E-state index contributed by atoms with van der Waals surface area (Å²) in [7, 11) is -3.75. The molecule has 0 bridgehead atoms. The lowest BCUT2D eigenvalue weighted by Crippen LogP contribution is -2.16. The summed E-state index contributed by atoms with van der Waals surface area (Å²) in [6.07, 6.45) is 5.38. The van der Waals surface area contributed by atoms with E-state index in [1.807, 2.05) is 11.8 Å². The first-order valence-electron chi connectivity index (χ1n) is 6.10. The van der Waals surface area contributed by atoms with Gasteiger partial charge >= 0.3 is 0 Å². The molecule has 1 aromatic carbocycles. The fraction of sp³-hybridized carbons (Fsp3) is 0.500. The predicted molar refractivity (Wildman–Crippen MR) is 83.0 cm³/mol. The number of nitrogens with one attached hydrogen (secondary N) is 1. The first-order chi connectivity index (χ1) is 8.95. The summed E-state index contributed by atoms with van der Waals surface area (Å²) in [5.41, 5.74) is 6.48. The van der Waals surface area contributed by atoms with E-state index in [0.717, 1.165) is 25.1 Å². The topological polar surface area (TPSA) is 98.2 Å². The van der Waals surface area contributed by atoms with Crippen molar-refractivity contribution < 1.29 is 8.42 Å². The van der Waals surface area contributed by atoms with E-state index in [0.29, 0.717) is 11.4 Å². The molecule has 0 atom stereocenters. The van der Waals surface area contributed by atoms with E-state index in [1.54, 1.807) is 12.1 Å². The van der Waals surface area contributed by atoms with Crippen LogP contribution in [0.15, 0.2) is 23.1 Å². The molecular formula is C12H21N3O2S2. The van der Waals surface area contributed by atoms with Crippen LogP contribution < -0.4 is 16.2 Å². The molecule has 0 amide bonds. The fourth-order valence-corrected chi connectivity index (χ4v) is 2.93. The molecule has 5 nitrogen and oxygen atoms in total. The lowest BCUT2D eigenvalue weighted by atomic mass is 10.2. The number of nitrogens with two attached hydrogens (primary N) is 2. The third-order valence-electron chi connectivity index (χ3n) is 2.65. The van der Waals surface area contributed by atoms with Gasteiger partial charge in [-0.2, -0.15) is 11.8 Å². The van der Waals surface area contributed by atoms with Gasteiger partial charge in [0.15, 0.2) is 0 Å². The van der Waals surface area contributed by atoms with Gasteiger partial charge in [0, 0.05) is 12.2 Å². The van der Waals surface area contributed by atoms with Crippen LogP contribution in [-0.4, -0.2) is 27.0 Å². The molecule has 0 radical (unpaired) electrons. The summed E-state index contributed by atoms with van der Waals surface area (Å²) in [5, 5.41) is 8.27. The van der Waals surface area contributed by atoms with Gasteiger partial charge in [-0.25, -0.2) is 13.6 Å². The van der Waals surface area contributed by atoms with Crippen molar-refractivity contribution in [1.29, 1.82) is 0 Å². The third kappa shape index (κ3) is 5.71. The maximum atomic E-state index is 11.5. The zero-order valence-electron chi connectivity index (χ0n) is 11.1. The van der Waals surface area contributed by atoms with E-state index >= 15 is 0 Å². The van der Waals surface area contributed by atoms with Crippen molar-refractivity contribution in [2.75, 3.05) is 29.6 Å². The number of unbranched alkanes of at least 4 members (excludes halogenated alkanes) is 2. The van der Waals surface area contributed by atoms with Crippen molar-refractivity contribution in [2.24, 2.45) is 5.14 Å². The van der Waals surface area contributed by atoms with Crippen LogP contribution in [0.1, 0.15) is 19.3 Å². The lowest BCUT2D eigenvalue weighted by molar-refractivity contribution is 0.598. The van der Waals surface area contributed by atoms with E-state index in [1.165, 1.54) is 12.5 Å². The number of primary sulfonamides is 1. The Morgan fingerprint density at radius 1 is 1.26 bits per heavy atom. The summed E-state index contributed by atoms with van der Waals surface area (Å²) in [5.74, 6) is 1.16. The highest BCUT2D eigenvalue weighted by Crippen LogP contribution is 2.22. The molecule has 0 saturated carbocycles. The fourth-order valence-electron chi connectivity index (χ4n) is 1.69. The summed E-state index contributed by atoms with van der Waals surface area (Å²) >= 11 is 1.83. The van der Waals surface area contributed by atoms with Gasteiger partial charge in [0.2, 0.25) is 10.0 Å². The van der Waals surface area contributed by atoms with Gasteiger partial charge in [-0.3, -0.25) is 0 Å². The van der Waals surface area contributed by atoms with Crippen LogP contribution in [0, 0.1) is 0 Å². The Balaban J connectivity index is 2.59. The Hall–Kier alpha value is -0.920. The number of thioether (sulfide) groups is 1. The van der Waals surface area contributed by atoms with Crippen LogP contribution >= 0.6 is 11.8 Å². The Morgan fingerprint density at radius 2 is 2.00 bits per heavy atom. The van der Waals surface area contributed by atoms with Crippen molar-refractivity contribution in [3.63, 3.8) is 0 Å². The average Bonchev–Trinajstić information content (AvgIpc) is 2.34. The molecule has 108 valence electrons. The molecule has 19 heavy (non-hydrogen) atoms. The number of hydrogen-bond donors (Lipinski definition) is 3. The van der Waals surface area contributed by atoms with Crippen LogP contribution in [0.5, 0.6) is 0 Å². The highest BCUT2D eigenvalue weighted by Gasteiger charge is 2.13. The Morgan fingerprint density at radius 3 is 2.63 bits per heavy atom. The van der Waals surface area contributed by atoms with Crippen molar-refractivity contribution in [3.05, 3.63) is 18.2 Å². The molecular weight excluding hydrogens is 282 g/mol. The second-order valence-electron chi connectivity index (χ2n) is 4.28. The van der Waals surface area contributed by atoms with Gasteiger partial charge < -0.3 is 11.1 Å². The summed E-state index contributed by atoms with van der Waals surface area (Å²) in [6, 6.07) is 4.69. The second-order valence-corrected chi connectivity index (χ2v) is 6.80. The van der Waals surface area contributed by atoms with Crippen LogP contribution in [0.25, 0.3) is 0 Å². The molecule has 0 aliphatic heterocycles. The number of hydrogen-bond acceptors (Lipinski definition) is 5. The van der Waals surface area contributed by atoms with Gasteiger partial charge in [0.1, 0.15) is 4.90 Å². The lowest BCUT2D eigenvalue weighted by Gasteiger charge is -2.11. The molecule has 1 aromatic rings. The molecule has 0 fully saturated rings. The third-order valence-corrected chi connectivity index (χ3v) is 4.30. The largest absolute Gasteiger partial charge is 0.399 e. The molecule has 0 saturated heterocycles. The summed E-state index contributed by atoms with van der Waals surface area (Å²) < 4.78 is 22.9. The number of rotatable bonds is 8. The van der Waals surface area contributed by atoms with Gasteiger partial charge in [0.05, 0.1) is 5.69 Å². The first kappa shape index (κ1) is 16.1. The van der Waals surface area contributed by atoms with Gasteiger partial charge in [-0.15, -0.1) is 0 Å². The SMILES string of the molecule is CSCCCCCNc1ccc(N)cc1S(N)(=O)=O. The standard InChI is InChI=1S/C12H21N3O2S2/c1-18-8-4-2-3-7-15-11-6-5-10(13)9-12(11)19(14,16)17/h5-6,9,15H,2-4,7-8,13H2,1H3,(H2,14,16,17). The van der Waals surface area contributed by atoms with E-state index < -0.39 is 10.0 Å². The molecule has 7 heteroatoms. The average molecular weight is 303 g/mol. The molecule has 0 aliphatic carbocycles. The zero-order valence-corrected chi connectivity index (χ0v) is 12.7. The number of anilines is 2. The number of benzene rings is 1. The van der Waals surface area contributed by atoms with E-state index in [2.05, 4.69) is 11.6 Å². The van der Waals surface area contributed by atoms with Gasteiger partial charge in [-0.1, -0.05) is 6.42 Å². The predicted octanol–water partition coefficient (Wildman–Crippen LogP) is 1.86. The minimum absolute atomic E-state index is 0.0524. The van der Waals surface area contributed by atoms with Gasteiger partial charge in [-0.05, 0) is 43.0 Å². The highest BCUT2D eigenvalue weighted by atomic mass is 32.2. The van der Waals surface area contributed by atoms with E-state index in [4.69, 9.17) is 10.9 Å². The number of nitrogen functional groups attached to an aromatic ring is 1. The van der Waals surface area contributed by atoms with Gasteiger partial charge in [0.25, 0.3) is 0 Å². The molecule has 0 spiro atoms. The molecule has 0 aromatic heterocycles. The molecule has 5 N–H and O–H groups in total. The molecule has 0 unspecified atom stereocenters. The van der Waals surface area contributed by atoms with Crippen LogP contribution in [0.3, 0.4) is 0 Å². The van der Waals surface area contributed by atoms with Crippen molar-refractivity contribution in [3.8, 4) is 0 Å². The van der Waals surface area contributed by atoms with Crippen LogP contribution in [0.2, 0.25) is 0 Å². The zero-order chi connectivity index (χ0) is 14.3.